The number of hydrogen-bond acceptors (Lipinski definition) is 3. The molecule has 0 aliphatic rings. The van der Waals surface area contributed by atoms with E-state index in [1.165, 1.54) is 0 Å². The quantitative estimate of drug-likeness (QED) is 0.790. The number of pyridine rings is 2. The molecule has 3 rings (SSSR count). The Morgan fingerprint density at radius 2 is 2.15 bits per heavy atom. The van der Waals surface area contributed by atoms with E-state index in [0.717, 1.165) is 34.4 Å². The first-order chi connectivity index (χ1) is 9.65. The van der Waals surface area contributed by atoms with Gasteiger partial charge >= 0.3 is 0 Å². The Hall–Kier alpha value is -2.43. The summed E-state index contributed by atoms with van der Waals surface area (Å²) < 4.78 is 1.85. The van der Waals surface area contributed by atoms with Gasteiger partial charge in [-0.25, -0.2) is 4.68 Å². The molecule has 102 valence electrons. The average Bonchev–Trinajstić information content (AvgIpc) is 2.74. The van der Waals surface area contributed by atoms with Gasteiger partial charge in [0.25, 0.3) is 0 Å². The number of rotatable bonds is 3. The van der Waals surface area contributed by atoms with Gasteiger partial charge in [0, 0.05) is 36.3 Å². The first-order valence-corrected chi connectivity index (χ1v) is 6.62. The minimum Gasteiger partial charge on any atom is -0.307 e. The predicted molar refractivity (Wildman–Crippen MR) is 77.8 cm³/mol. The van der Waals surface area contributed by atoms with Crippen LogP contribution in [-0.2, 0) is 13.0 Å². The maximum absolute atomic E-state index is 11.6. The molecule has 0 aliphatic carbocycles. The molecule has 5 nitrogen and oxygen atoms in total. The maximum atomic E-state index is 11.6. The summed E-state index contributed by atoms with van der Waals surface area (Å²) in [5.41, 5.74) is 3.63. The van der Waals surface area contributed by atoms with Crippen LogP contribution >= 0.6 is 0 Å². The molecular weight excluding hydrogens is 252 g/mol. The highest BCUT2D eigenvalue weighted by atomic mass is 16.1. The molecule has 0 unspecified atom stereocenters. The Balaban J connectivity index is 1.98. The summed E-state index contributed by atoms with van der Waals surface area (Å²) in [5, 5.41) is 5.56. The number of aryl methyl sites for hydroxylation is 4. The number of aromatic amines is 1. The van der Waals surface area contributed by atoms with Crippen LogP contribution in [0.25, 0.3) is 11.0 Å². The smallest absolute Gasteiger partial charge is 0.249 e. The highest BCUT2D eigenvalue weighted by molar-refractivity contribution is 5.81. The van der Waals surface area contributed by atoms with Crippen LogP contribution in [0.3, 0.4) is 0 Å². The first kappa shape index (κ1) is 12.6. The van der Waals surface area contributed by atoms with E-state index in [2.05, 4.69) is 15.1 Å². The molecule has 0 radical (unpaired) electrons. The van der Waals surface area contributed by atoms with E-state index in [-0.39, 0.29) is 5.56 Å². The van der Waals surface area contributed by atoms with Gasteiger partial charge in [-0.3, -0.25) is 9.78 Å². The normalized spacial score (nSPS) is 11.1. The number of H-pyrrole nitrogens is 1. The van der Waals surface area contributed by atoms with Crippen molar-refractivity contribution in [3.63, 3.8) is 0 Å². The highest BCUT2D eigenvalue weighted by Gasteiger charge is 2.11. The summed E-state index contributed by atoms with van der Waals surface area (Å²) in [6, 6.07) is 7.48. The molecule has 0 bridgehead atoms. The minimum absolute atomic E-state index is 0.0889. The molecule has 3 aromatic rings. The van der Waals surface area contributed by atoms with E-state index in [1.807, 2.05) is 36.7 Å². The van der Waals surface area contributed by atoms with E-state index >= 15 is 0 Å². The van der Waals surface area contributed by atoms with Crippen molar-refractivity contribution in [2.45, 2.75) is 26.8 Å². The van der Waals surface area contributed by atoms with Crippen molar-refractivity contribution in [1.82, 2.24) is 19.7 Å². The molecule has 0 aliphatic heterocycles. The Morgan fingerprint density at radius 3 is 2.90 bits per heavy atom. The van der Waals surface area contributed by atoms with Gasteiger partial charge in [-0.1, -0.05) is 6.07 Å². The zero-order valence-electron chi connectivity index (χ0n) is 11.6. The van der Waals surface area contributed by atoms with Crippen LogP contribution in [0.2, 0.25) is 0 Å². The molecule has 3 aromatic heterocycles. The van der Waals surface area contributed by atoms with Gasteiger partial charge in [-0.15, -0.1) is 0 Å². The third-order valence-electron chi connectivity index (χ3n) is 3.42. The SMILES string of the molecule is Cc1cc(=O)[nH]c2c1c(C)nn2CCc1ccccn1. The molecule has 0 saturated heterocycles. The summed E-state index contributed by atoms with van der Waals surface area (Å²) >= 11 is 0. The van der Waals surface area contributed by atoms with Gasteiger partial charge in [0.15, 0.2) is 0 Å². The molecule has 3 heterocycles. The minimum atomic E-state index is -0.0889. The summed E-state index contributed by atoms with van der Waals surface area (Å²) in [6.45, 7) is 4.60. The Bertz CT molecular complexity index is 802. The Morgan fingerprint density at radius 1 is 1.30 bits per heavy atom. The van der Waals surface area contributed by atoms with E-state index in [1.54, 1.807) is 12.3 Å². The molecule has 5 heteroatoms. The fourth-order valence-electron chi connectivity index (χ4n) is 2.53. The molecule has 0 amide bonds. The lowest BCUT2D eigenvalue weighted by molar-refractivity contribution is 0.617. The van der Waals surface area contributed by atoms with Crippen molar-refractivity contribution >= 4 is 11.0 Å². The van der Waals surface area contributed by atoms with E-state index in [0.29, 0.717) is 6.54 Å². The van der Waals surface area contributed by atoms with Gasteiger partial charge in [-0.05, 0) is 31.5 Å². The standard InChI is InChI=1S/C15H16N4O/c1-10-9-13(20)17-15-14(10)11(2)18-19(15)8-6-12-5-3-4-7-16-12/h3-5,7,9H,6,8H2,1-2H3,(H,17,20). The maximum Gasteiger partial charge on any atom is 0.249 e. The van der Waals surface area contributed by atoms with Gasteiger partial charge in [0.1, 0.15) is 5.65 Å². The first-order valence-electron chi connectivity index (χ1n) is 6.62. The topological polar surface area (TPSA) is 63.6 Å². The van der Waals surface area contributed by atoms with Gasteiger partial charge < -0.3 is 4.98 Å². The summed E-state index contributed by atoms with van der Waals surface area (Å²) in [7, 11) is 0. The lowest BCUT2D eigenvalue weighted by Gasteiger charge is -2.03. The van der Waals surface area contributed by atoms with Crippen LogP contribution in [0, 0.1) is 13.8 Å². The van der Waals surface area contributed by atoms with Crippen molar-refractivity contribution in [3.05, 3.63) is 57.8 Å². The van der Waals surface area contributed by atoms with Crippen molar-refractivity contribution in [1.29, 1.82) is 0 Å². The molecule has 0 fully saturated rings. The molecule has 0 spiro atoms. The van der Waals surface area contributed by atoms with Crippen molar-refractivity contribution < 1.29 is 0 Å². The molecule has 20 heavy (non-hydrogen) atoms. The second-order valence-electron chi connectivity index (χ2n) is 4.92. The van der Waals surface area contributed by atoms with Crippen LogP contribution in [0.15, 0.2) is 35.3 Å². The third kappa shape index (κ3) is 2.22. The monoisotopic (exact) mass is 268 g/mol. The summed E-state index contributed by atoms with van der Waals surface area (Å²) in [4.78, 5) is 18.8. The zero-order chi connectivity index (χ0) is 14.1. The van der Waals surface area contributed by atoms with Crippen molar-refractivity contribution in [3.8, 4) is 0 Å². The highest BCUT2D eigenvalue weighted by Crippen LogP contribution is 2.18. The van der Waals surface area contributed by atoms with Gasteiger partial charge in [0.2, 0.25) is 5.56 Å². The molecular formula is C15H16N4O. The van der Waals surface area contributed by atoms with Crippen LogP contribution < -0.4 is 5.56 Å². The van der Waals surface area contributed by atoms with Gasteiger partial charge in [-0.2, -0.15) is 5.10 Å². The predicted octanol–water partition coefficient (Wildman–Crippen LogP) is 1.98. The fraction of sp³-hybridized carbons (Fsp3) is 0.267. The van der Waals surface area contributed by atoms with Crippen molar-refractivity contribution in [2.24, 2.45) is 0 Å². The van der Waals surface area contributed by atoms with Crippen LogP contribution in [-0.4, -0.2) is 19.7 Å². The summed E-state index contributed by atoms with van der Waals surface area (Å²) in [5.74, 6) is 0. The largest absolute Gasteiger partial charge is 0.307 e. The third-order valence-corrected chi connectivity index (χ3v) is 3.42. The molecule has 0 saturated carbocycles. The van der Waals surface area contributed by atoms with E-state index in [9.17, 15) is 4.79 Å². The number of nitrogens with zero attached hydrogens (tertiary/aromatic N) is 3. The molecule has 0 aromatic carbocycles. The second-order valence-corrected chi connectivity index (χ2v) is 4.92. The lowest BCUT2D eigenvalue weighted by atomic mass is 10.2. The van der Waals surface area contributed by atoms with E-state index in [4.69, 9.17) is 0 Å². The Labute approximate surface area is 116 Å². The zero-order valence-corrected chi connectivity index (χ0v) is 11.6. The summed E-state index contributed by atoms with van der Waals surface area (Å²) in [6.07, 6.45) is 2.57. The van der Waals surface area contributed by atoms with E-state index < -0.39 is 0 Å². The number of nitrogens with one attached hydrogen (secondary N) is 1. The van der Waals surface area contributed by atoms with Crippen LogP contribution in [0.5, 0.6) is 0 Å². The van der Waals surface area contributed by atoms with Crippen LogP contribution in [0.1, 0.15) is 17.0 Å². The number of fused-ring (bicyclic) bond motifs is 1. The number of aromatic nitrogens is 4. The Kier molecular flexibility index (Phi) is 3.10. The van der Waals surface area contributed by atoms with Crippen LogP contribution in [0.4, 0.5) is 0 Å². The lowest BCUT2D eigenvalue weighted by Crippen LogP contribution is -2.10. The molecule has 0 atom stereocenters. The van der Waals surface area contributed by atoms with Gasteiger partial charge in [0.05, 0.1) is 5.69 Å². The fourth-order valence-corrected chi connectivity index (χ4v) is 2.53. The second kappa shape index (κ2) is 4.92. The van der Waals surface area contributed by atoms with Crippen molar-refractivity contribution in [2.75, 3.05) is 0 Å². The number of hydrogen-bond donors (Lipinski definition) is 1. The molecule has 1 N–H and O–H groups in total. The average molecular weight is 268 g/mol.